The molecule has 14 heteroatoms. The van der Waals surface area contributed by atoms with Crippen LogP contribution in [0.2, 0.25) is 15.1 Å². The van der Waals surface area contributed by atoms with E-state index in [1.54, 1.807) is 13.0 Å². The summed E-state index contributed by atoms with van der Waals surface area (Å²) in [7, 11) is -4.24. The van der Waals surface area contributed by atoms with E-state index in [0.29, 0.717) is 15.9 Å². The third-order valence-corrected chi connectivity index (χ3v) is 8.86. The average Bonchev–Trinajstić information content (AvgIpc) is 3.36. The number of carbonyl (C=O) groups is 2. The highest BCUT2D eigenvalue weighted by Gasteiger charge is 2.36. The number of nitrogens with zero attached hydrogens (tertiary/aromatic N) is 2. The monoisotopic (exact) mass is 641 g/mol. The van der Waals surface area contributed by atoms with Crippen molar-refractivity contribution < 1.29 is 31.2 Å². The fourth-order valence-corrected chi connectivity index (χ4v) is 6.01. The molecule has 0 radical (unpaired) electrons. The molecule has 0 heterocycles. The Morgan fingerprint density at radius 3 is 2.20 bits per heavy atom. The zero-order chi connectivity index (χ0) is 29.8. The third-order valence-electron chi connectivity index (χ3n) is 6.65. The predicted octanol–water partition coefficient (Wildman–Crippen LogP) is 6.30. The molecule has 0 spiro atoms. The lowest BCUT2D eigenvalue weighted by Gasteiger charge is -2.33. The highest BCUT2D eigenvalue weighted by Crippen LogP contribution is 2.37. The SMILES string of the molecule is CC[C@@H](C(=O)NC1CCCC1)N(Cc1ccc(Cl)c(Cl)c1)C(=O)CN(c1ccc(Cl)c(C(F)(F)F)c1)S(C)(=O)=O. The van der Waals surface area contributed by atoms with E-state index >= 15 is 0 Å². The Hall–Kier alpha value is -2.21. The fourth-order valence-electron chi connectivity index (χ4n) is 4.62. The van der Waals surface area contributed by atoms with E-state index in [4.69, 9.17) is 34.8 Å². The fraction of sp³-hybridized carbons (Fsp3) is 0.462. The molecule has 0 bridgehead atoms. The van der Waals surface area contributed by atoms with Crippen molar-refractivity contribution in [2.24, 2.45) is 0 Å². The lowest BCUT2D eigenvalue weighted by Crippen LogP contribution is -2.53. The third kappa shape index (κ3) is 8.18. The number of alkyl halides is 3. The summed E-state index contributed by atoms with van der Waals surface area (Å²) in [5.74, 6) is -1.20. The normalized spacial score (nSPS) is 15.1. The van der Waals surface area contributed by atoms with Crippen LogP contribution in [0.25, 0.3) is 0 Å². The molecular weight excluding hydrogens is 614 g/mol. The minimum atomic E-state index is -4.86. The Balaban J connectivity index is 2.00. The Kier molecular flexibility index (Phi) is 10.6. The van der Waals surface area contributed by atoms with Gasteiger partial charge < -0.3 is 10.2 Å². The van der Waals surface area contributed by atoms with Crippen LogP contribution in [0.4, 0.5) is 18.9 Å². The van der Waals surface area contributed by atoms with Gasteiger partial charge in [-0.05, 0) is 55.2 Å². The summed E-state index contributed by atoms with van der Waals surface area (Å²) >= 11 is 17.9. The van der Waals surface area contributed by atoms with E-state index in [1.165, 1.54) is 17.0 Å². The van der Waals surface area contributed by atoms with E-state index in [0.717, 1.165) is 44.1 Å². The quantitative estimate of drug-likeness (QED) is 0.330. The lowest BCUT2D eigenvalue weighted by molar-refractivity contribution is -0.140. The smallest absolute Gasteiger partial charge is 0.352 e. The number of halogens is 6. The highest BCUT2D eigenvalue weighted by molar-refractivity contribution is 7.92. The van der Waals surface area contributed by atoms with Crippen molar-refractivity contribution in [2.75, 3.05) is 17.1 Å². The van der Waals surface area contributed by atoms with Gasteiger partial charge >= 0.3 is 6.18 Å². The largest absolute Gasteiger partial charge is 0.417 e. The van der Waals surface area contributed by atoms with Gasteiger partial charge in [0.05, 0.1) is 32.6 Å². The number of carbonyl (C=O) groups excluding carboxylic acids is 2. The standard InChI is InChI=1S/C26H29Cl3F3N3O4S/c1-3-23(25(37)33-17-6-4-5-7-17)34(14-16-8-10-21(28)22(29)12-16)24(36)15-35(40(2,38)39)18-9-11-20(27)19(13-18)26(30,31)32/h8-13,17,23H,3-7,14-15H2,1-2H3,(H,33,37)/t23-/m0/s1. The number of hydrogen-bond donors (Lipinski definition) is 1. The van der Waals surface area contributed by atoms with E-state index in [1.807, 2.05) is 0 Å². The van der Waals surface area contributed by atoms with Crippen LogP contribution in [0.15, 0.2) is 36.4 Å². The first kappa shape index (κ1) is 32.3. The van der Waals surface area contributed by atoms with Crippen LogP contribution in [-0.2, 0) is 32.3 Å². The van der Waals surface area contributed by atoms with Crippen molar-refractivity contribution in [1.82, 2.24) is 10.2 Å². The molecule has 1 aliphatic carbocycles. The molecule has 2 amide bonds. The summed E-state index contributed by atoms with van der Waals surface area (Å²) in [5, 5.41) is 2.84. The molecule has 1 atom stereocenters. The van der Waals surface area contributed by atoms with Crippen molar-refractivity contribution in [2.45, 2.75) is 63.8 Å². The predicted molar refractivity (Wildman–Crippen MR) is 150 cm³/mol. The Morgan fingerprint density at radius 2 is 1.65 bits per heavy atom. The molecule has 3 rings (SSSR count). The molecule has 2 aromatic rings. The molecule has 2 aromatic carbocycles. The van der Waals surface area contributed by atoms with Crippen molar-refractivity contribution in [3.05, 3.63) is 62.6 Å². The Morgan fingerprint density at radius 1 is 1.02 bits per heavy atom. The number of nitrogens with one attached hydrogen (secondary N) is 1. The van der Waals surface area contributed by atoms with Crippen LogP contribution in [-0.4, -0.2) is 50.0 Å². The number of benzene rings is 2. The van der Waals surface area contributed by atoms with Gasteiger partial charge in [-0.3, -0.25) is 13.9 Å². The Bertz CT molecular complexity index is 1350. The number of hydrogen-bond acceptors (Lipinski definition) is 4. The second-order valence-corrected chi connectivity index (χ2v) is 12.7. The number of amides is 2. The lowest BCUT2D eigenvalue weighted by atomic mass is 10.1. The van der Waals surface area contributed by atoms with Gasteiger partial charge in [0, 0.05) is 12.6 Å². The van der Waals surface area contributed by atoms with Gasteiger partial charge in [-0.1, -0.05) is 60.6 Å². The zero-order valence-electron chi connectivity index (χ0n) is 21.8. The van der Waals surface area contributed by atoms with Crippen LogP contribution in [0.3, 0.4) is 0 Å². The van der Waals surface area contributed by atoms with Crippen LogP contribution in [0, 0.1) is 0 Å². The van der Waals surface area contributed by atoms with Crippen LogP contribution in [0.5, 0.6) is 0 Å². The summed E-state index contributed by atoms with van der Waals surface area (Å²) in [6.07, 6.45) is -0.327. The summed E-state index contributed by atoms with van der Waals surface area (Å²) < 4.78 is 66.5. The van der Waals surface area contributed by atoms with Gasteiger partial charge in [-0.25, -0.2) is 8.42 Å². The van der Waals surface area contributed by atoms with E-state index < -0.39 is 56.9 Å². The van der Waals surface area contributed by atoms with E-state index in [-0.39, 0.29) is 29.1 Å². The number of rotatable bonds is 10. The highest BCUT2D eigenvalue weighted by atomic mass is 35.5. The van der Waals surface area contributed by atoms with Gasteiger partial charge in [0.15, 0.2) is 0 Å². The number of anilines is 1. The van der Waals surface area contributed by atoms with E-state index in [2.05, 4.69) is 5.32 Å². The maximum atomic E-state index is 13.8. The molecule has 0 unspecified atom stereocenters. The second-order valence-electron chi connectivity index (χ2n) is 9.62. The molecule has 1 aliphatic rings. The van der Waals surface area contributed by atoms with Crippen molar-refractivity contribution >= 4 is 62.3 Å². The first-order valence-electron chi connectivity index (χ1n) is 12.5. The van der Waals surface area contributed by atoms with Gasteiger partial charge in [-0.2, -0.15) is 13.2 Å². The summed E-state index contributed by atoms with van der Waals surface area (Å²) in [6.45, 7) is 0.724. The van der Waals surface area contributed by atoms with Crippen LogP contribution in [0.1, 0.15) is 50.2 Å². The molecule has 0 saturated heterocycles. The molecule has 1 fully saturated rings. The van der Waals surface area contributed by atoms with Crippen molar-refractivity contribution in [3.8, 4) is 0 Å². The molecule has 1 N–H and O–H groups in total. The maximum absolute atomic E-state index is 13.8. The van der Waals surface area contributed by atoms with Crippen LogP contribution < -0.4 is 9.62 Å². The van der Waals surface area contributed by atoms with Crippen LogP contribution >= 0.6 is 34.8 Å². The van der Waals surface area contributed by atoms with Crippen molar-refractivity contribution in [3.63, 3.8) is 0 Å². The Labute approximate surface area is 246 Å². The van der Waals surface area contributed by atoms with Gasteiger partial charge in [0.2, 0.25) is 21.8 Å². The summed E-state index contributed by atoms with van der Waals surface area (Å²) in [6, 6.07) is 6.21. The molecule has 7 nitrogen and oxygen atoms in total. The minimum Gasteiger partial charge on any atom is -0.352 e. The first-order valence-corrected chi connectivity index (χ1v) is 15.5. The van der Waals surface area contributed by atoms with Gasteiger partial charge in [0.25, 0.3) is 0 Å². The number of sulfonamides is 1. The molecule has 1 saturated carbocycles. The zero-order valence-corrected chi connectivity index (χ0v) is 24.9. The minimum absolute atomic E-state index is 0.0362. The first-order chi connectivity index (χ1) is 18.6. The molecule has 0 aliphatic heterocycles. The maximum Gasteiger partial charge on any atom is 0.417 e. The molecular formula is C26H29Cl3F3N3O4S. The topological polar surface area (TPSA) is 86.8 Å². The average molecular weight is 643 g/mol. The van der Waals surface area contributed by atoms with Gasteiger partial charge in [0.1, 0.15) is 12.6 Å². The van der Waals surface area contributed by atoms with E-state index in [9.17, 15) is 31.2 Å². The van der Waals surface area contributed by atoms with Crippen molar-refractivity contribution in [1.29, 1.82) is 0 Å². The molecule has 220 valence electrons. The molecule has 40 heavy (non-hydrogen) atoms. The molecule has 0 aromatic heterocycles. The summed E-state index contributed by atoms with van der Waals surface area (Å²) in [5.41, 5.74) is -1.13. The summed E-state index contributed by atoms with van der Waals surface area (Å²) in [4.78, 5) is 28.3. The second kappa shape index (κ2) is 13.2. The van der Waals surface area contributed by atoms with Gasteiger partial charge in [-0.15, -0.1) is 0 Å².